The Hall–Kier alpha value is -2.46. The zero-order chi connectivity index (χ0) is 64.5. The first-order valence-corrected chi connectivity index (χ1v) is 37.7. The Labute approximate surface area is 529 Å². The van der Waals surface area contributed by atoms with Crippen molar-refractivity contribution in [3.63, 3.8) is 0 Å². The lowest BCUT2D eigenvalue weighted by Crippen LogP contribution is -2.30. The fourth-order valence-corrected chi connectivity index (χ4v) is 11.2. The van der Waals surface area contributed by atoms with Crippen LogP contribution >= 0.6 is 15.6 Å². The summed E-state index contributed by atoms with van der Waals surface area (Å²) in [6.45, 7) is 11.7. The molecule has 87 heavy (non-hydrogen) atoms. The van der Waals surface area contributed by atoms with Gasteiger partial charge in [-0.25, -0.2) is 9.13 Å². The summed E-state index contributed by atoms with van der Waals surface area (Å²) in [4.78, 5) is 72.4. The number of aliphatic hydroxyl groups is 1. The van der Waals surface area contributed by atoms with E-state index < -0.39 is 97.5 Å². The first kappa shape index (κ1) is 84.5. The van der Waals surface area contributed by atoms with Gasteiger partial charge in [0.1, 0.15) is 19.3 Å². The fourth-order valence-electron chi connectivity index (χ4n) is 9.58. The van der Waals surface area contributed by atoms with Crippen molar-refractivity contribution in [3.8, 4) is 0 Å². The maximum atomic E-state index is 13.0. The number of allylic oxidation sites excluding steroid dienone is 4. The van der Waals surface area contributed by atoms with Crippen LogP contribution in [-0.2, 0) is 65.4 Å². The number of unbranched alkanes of at least 4 members (excludes halogenated alkanes) is 27. The monoisotopic (exact) mass is 1280 g/mol. The Bertz CT molecular complexity index is 1810. The molecule has 0 radical (unpaired) electrons. The molecule has 3 N–H and O–H groups in total. The van der Waals surface area contributed by atoms with E-state index in [4.69, 9.17) is 37.0 Å². The molecule has 0 aliphatic carbocycles. The average Bonchev–Trinajstić information content (AvgIpc) is 3.71. The topological polar surface area (TPSA) is 237 Å². The van der Waals surface area contributed by atoms with Crippen molar-refractivity contribution in [1.82, 2.24) is 0 Å². The Kier molecular flexibility index (Phi) is 57.0. The van der Waals surface area contributed by atoms with E-state index >= 15 is 0 Å². The number of aliphatic hydroxyl groups excluding tert-OH is 1. The van der Waals surface area contributed by atoms with E-state index in [1.54, 1.807) is 0 Å². The largest absolute Gasteiger partial charge is 0.472 e. The molecule has 7 atom stereocenters. The molecule has 0 aromatic carbocycles. The van der Waals surface area contributed by atoms with E-state index in [1.807, 2.05) is 0 Å². The number of ether oxygens (including phenoxy) is 4. The van der Waals surface area contributed by atoms with Crippen LogP contribution in [0.15, 0.2) is 24.3 Å². The highest BCUT2D eigenvalue weighted by molar-refractivity contribution is 7.47. The molecule has 0 saturated heterocycles. The molecule has 0 fully saturated rings. The maximum absolute atomic E-state index is 13.0. The Morgan fingerprint density at radius 1 is 0.379 bits per heavy atom. The van der Waals surface area contributed by atoms with Gasteiger partial charge < -0.3 is 33.8 Å². The summed E-state index contributed by atoms with van der Waals surface area (Å²) in [6, 6.07) is 0. The predicted octanol–water partition coefficient (Wildman–Crippen LogP) is 18.6. The average molecular weight is 1280 g/mol. The number of phosphoric ester groups is 2. The van der Waals surface area contributed by atoms with Crippen LogP contribution in [-0.4, -0.2) is 96.7 Å². The number of carbonyl (C=O) groups is 4. The Morgan fingerprint density at radius 3 is 1.02 bits per heavy atom. The normalized spacial score (nSPS) is 15.1. The fraction of sp³-hybridized carbons (Fsp3) is 0.882. The standard InChI is InChI=1S/C68H128O17P2/c1-8-11-12-13-14-15-16-17-18-19-20-21-27-37-44-51-67(72)84-63(55-78-65(70)49-42-35-29-24-25-32-39-46-59(4)5)57-82-86(74,75)80-53-62(69)54-81-87(76,77)83-58-64(56-79-66(71)50-43-36-31-30-34-41-48-61(7)10-3)85-68(73)52-45-38-28-23-22-26-33-40-47-60(6)9-2/h15-18,59-64,69H,8-14,19-58H2,1-7H3,(H,74,75)(H,76,77)/b16-15-,18-17-/t60?,61?,62-,63-,64-/m1/s1. The Morgan fingerprint density at radius 2 is 0.678 bits per heavy atom. The number of rotatable bonds is 64. The molecule has 0 aliphatic rings. The van der Waals surface area contributed by atoms with Gasteiger partial charge in [-0.1, -0.05) is 259 Å². The number of esters is 4. The van der Waals surface area contributed by atoms with Crippen molar-refractivity contribution >= 4 is 39.5 Å². The SMILES string of the molecule is CCCCCC/C=C\C=C/CCCCCCCC(=O)O[C@H](COC(=O)CCCCCCCCCC(C)C)COP(=O)(O)OC[C@@H](O)COP(=O)(O)OC[C@@H](COC(=O)CCCCCCCCC(C)CC)OC(=O)CCCCCCCCCCC(C)CC. The number of carbonyl (C=O) groups excluding carboxylic acids is 4. The van der Waals surface area contributed by atoms with Gasteiger partial charge in [0.25, 0.3) is 0 Å². The summed E-state index contributed by atoms with van der Waals surface area (Å²) in [6.07, 6.45) is 44.0. The van der Waals surface area contributed by atoms with Gasteiger partial charge in [0.05, 0.1) is 26.4 Å². The van der Waals surface area contributed by atoms with Gasteiger partial charge in [-0.3, -0.25) is 37.3 Å². The molecule has 0 heterocycles. The van der Waals surface area contributed by atoms with Crippen LogP contribution in [0.5, 0.6) is 0 Å². The minimum Gasteiger partial charge on any atom is -0.462 e. The lowest BCUT2D eigenvalue weighted by molar-refractivity contribution is -0.161. The minimum absolute atomic E-state index is 0.0835. The van der Waals surface area contributed by atoms with Crippen LogP contribution in [0.1, 0.15) is 312 Å². The van der Waals surface area contributed by atoms with Crippen LogP contribution in [0, 0.1) is 17.8 Å². The second-order valence-corrected chi connectivity index (χ2v) is 27.7. The molecule has 0 spiro atoms. The van der Waals surface area contributed by atoms with Crippen LogP contribution in [0.3, 0.4) is 0 Å². The maximum Gasteiger partial charge on any atom is 0.472 e. The zero-order valence-corrected chi connectivity index (χ0v) is 57.7. The molecule has 0 amide bonds. The van der Waals surface area contributed by atoms with E-state index in [0.29, 0.717) is 31.6 Å². The molecular weight excluding hydrogens is 1150 g/mol. The van der Waals surface area contributed by atoms with Crippen LogP contribution < -0.4 is 0 Å². The first-order valence-electron chi connectivity index (χ1n) is 34.7. The highest BCUT2D eigenvalue weighted by Gasteiger charge is 2.30. The van der Waals surface area contributed by atoms with Gasteiger partial charge in [0.2, 0.25) is 0 Å². The van der Waals surface area contributed by atoms with Crippen LogP contribution in [0.2, 0.25) is 0 Å². The summed E-state index contributed by atoms with van der Waals surface area (Å²) in [7, 11) is -9.91. The van der Waals surface area contributed by atoms with Gasteiger partial charge >= 0.3 is 39.5 Å². The summed E-state index contributed by atoms with van der Waals surface area (Å²) >= 11 is 0. The quantitative estimate of drug-likeness (QED) is 0.0169. The number of hydrogen-bond acceptors (Lipinski definition) is 15. The summed E-state index contributed by atoms with van der Waals surface area (Å²) in [5.41, 5.74) is 0. The van der Waals surface area contributed by atoms with Crippen LogP contribution in [0.4, 0.5) is 0 Å². The van der Waals surface area contributed by atoms with Crippen LogP contribution in [0.25, 0.3) is 0 Å². The minimum atomic E-state index is -4.96. The highest BCUT2D eigenvalue weighted by atomic mass is 31.2. The molecule has 19 heteroatoms. The molecule has 0 aliphatic heterocycles. The first-order chi connectivity index (χ1) is 41.8. The number of phosphoric acid groups is 2. The van der Waals surface area contributed by atoms with Gasteiger partial charge in [-0.05, 0) is 69.1 Å². The number of hydrogen-bond donors (Lipinski definition) is 3. The van der Waals surface area contributed by atoms with Crippen molar-refractivity contribution in [1.29, 1.82) is 0 Å². The second-order valence-electron chi connectivity index (χ2n) is 24.8. The molecular formula is C68H128O17P2. The van der Waals surface area contributed by atoms with Crippen molar-refractivity contribution in [2.45, 2.75) is 330 Å². The summed E-state index contributed by atoms with van der Waals surface area (Å²) < 4.78 is 68.1. The van der Waals surface area contributed by atoms with Gasteiger partial charge in [0.15, 0.2) is 12.2 Å². The third kappa shape index (κ3) is 59.6. The molecule has 4 unspecified atom stereocenters. The van der Waals surface area contributed by atoms with Gasteiger partial charge in [0, 0.05) is 25.7 Å². The molecule has 0 aromatic rings. The van der Waals surface area contributed by atoms with Crippen molar-refractivity contribution in [3.05, 3.63) is 24.3 Å². The van der Waals surface area contributed by atoms with Crippen molar-refractivity contribution in [2.24, 2.45) is 17.8 Å². The highest BCUT2D eigenvalue weighted by Crippen LogP contribution is 2.45. The van der Waals surface area contributed by atoms with E-state index in [-0.39, 0.29) is 25.7 Å². The third-order valence-corrected chi connectivity index (χ3v) is 17.6. The smallest absolute Gasteiger partial charge is 0.462 e. The lowest BCUT2D eigenvalue weighted by Gasteiger charge is -2.21. The van der Waals surface area contributed by atoms with E-state index in [1.165, 1.54) is 96.3 Å². The van der Waals surface area contributed by atoms with Gasteiger partial charge in [-0.2, -0.15) is 0 Å². The van der Waals surface area contributed by atoms with Gasteiger partial charge in [-0.15, -0.1) is 0 Å². The molecule has 0 rings (SSSR count). The molecule has 17 nitrogen and oxygen atoms in total. The Balaban J connectivity index is 5.30. The summed E-state index contributed by atoms with van der Waals surface area (Å²) in [5, 5.41) is 10.6. The zero-order valence-electron chi connectivity index (χ0n) is 56.0. The van der Waals surface area contributed by atoms with Crippen molar-refractivity contribution in [2.75, 3.05) is 39.6 Å². The lowest BCUT2D eigenvalue weighted by atomic mass is 9.99. The molecule has 0 aromatic heterocycles. The van der Waals surface area contributed by atoms with E-state index in [2.05, 4.69) is 72.8 Å². The molecule has 0 saturated carbocycles. The third-order valence-electron chi connectivity index (χ3n) is 15.7. The van der Waals surface area contributed by atoms with Crippen molar-refractivity contribution < 1.29 is 80.2 Å². The summed E-state index contributed by atoms with van der Waals surface area (Å²) in [5.74, 6) is 0.0349. The van der Waals surface area contributed by atoms with E-state index in [0.717, 1.165) is 127 Å². The van der Waals surface area contributed by atoms with E-state index in [9.17, 15) is 43.2 Å². The predicted molar refractivity (Wildman–Crippen MR) is 349 cm³/mol. The molecule has 0 bridgehead atoms. The molecule has 512 valence electrons. The second kappa shape index (κ2) is 58.6.